The van der Waals surface area contributed by atoms with Gasteiger partial charge in [0.2, 0.25) is 5.89 Å². The van der Waals surface area contributed by atoms with Gasteiger partial charge in [-0.15, -0.1) is 10.2 Å². The predicted octanol–water partition coefficient (Wildman–Crippen LogP) is 3.75. The number of ether oxygens (including phenoxy) is 1. The molecule has 0 saturated carbocycles. The highest BCUT2D eigenvalue weighted by molar-refractivity contribution is 7.91. The van der Waals surface area contributed by atoms with Crippen LogP contribution in [0.2, 0.25) is 5.02 Å². The van der Waals surface area contributed by atoms with E-state index in [0.29, 0.717) is 30.2 Å². The molecule has 2 amide bonds. The van der Waals surface area contributed by atoms with Crippen molar-refractivity contribution in [2.45, 2.75) is 63.1 Å². The molecule has 1 fully saturated rings. The summed E-state index contributed by atoms with van der Waals surface area (Å²) in [7, 11) is -7.43. The van der Waals surface area contributed by atoms with Gasteiger partial charge in [-0.25, -0.2) is 26.0 Å². The first-order chi connectivity index (χ1) is 22.2. The van der Waals surface area contributed by atoms with Crippen molar-refractivity contribution in [2.75, 3.05) is 41.8 Å². The third kappa shape index (κ3) is 8.15. The molecular weight excluding hydrogens is 689 g/mol. The van der Waals surface area contributed by atoms with Gasteiger partial charge in [0.05, 0.1) is 45.4 Å². The number of benzene rings is 2. The molecule has 2 aliphatic heterocycles. The zero-order chi connectivity index (χ0) is 35.2. The Kier molecular flexibility index (Phi) is 9.69. The maximum absolute atomic E-state index is 15.8. The molecule has 2 aliphatic rings. The van der Waals surface area contributed by atoms with Crippen molar-refractivity contribution >= 4 is 49.0 Å². The van der Waals surface area contributed by atoms with Gasteiger partial charge in [0, 0.05) is 24.7 Å². The summed E-state index contributed by atoms with van der Waals surface area (Å²) in [5.74, 6) is -2.60. The number of carbonyl (C=O) groups is 2. The molecule has 1 aromatic heterocycles. The number of amides is 2. The summed E-state index contributed by atoms with van der Waals surface area (Å²) in [5.41, 5.74) is -1.49. The molecule has 17 heteroatoms. The van der Waals surface area contributed by atoms with Crippen molar-refractivity contribution < 1.29 is 40.0 Å². The molecule has 2 aromatic carbocycles. The number of rotatable bonds is 7. The van der Waals surface area contributed by atoms with Crippen LogP contribution in [0.5, 0.6) is 0 Å². The number of alkyl carbamates (subject to hydrolysis) is 1. The first-order valence-electron chi connectivity index (χ1n) is 15.1. The highest BCUT2D eigenvalue weighted by Gasteiger charge is 2.41. The molecule has 1 saturated heterocycles. The van der Waals surface area contributed by atoms with Gasteiger partial charge in [-0.3, -0.25) is 4.79 Å². The Morgan fingerprint density at radius 3 is 2.33 bits per heavy atom. The molecule has 0 spiro atoms. The standard InChI is InChI=1S/C31H37ClFN5O8S2/c1-30(2,3)46-29(40)34-23-17-48(43,44)25-15-22(33)21(14-24(25)38(27(23)39)16-19-6-8-20(32)9-7-19)26-35-36-28(45-26)31(4,5)18-37-10-12-47(41,42)13-11-37/h6-9,14-15,23H,10-13,16-18H2,1-5H3,(H,34,40)/t23-/m0/s1. The van der Waals surface area contributed by atoms with Crippen molar-refractivity contribution in [3.8, 4) is 11.5 Å². The van der Waals surface area contributed by atoms with Crippen LogP contribution in [0.25, 0.3) is 11.5 Å². The Morgan fingerprint density at radius 1 is 1.06 bits per heavy atom. The molecule has 5 rings (SSSR count). The third-order valence-electron chi connectivity index (χ3n) is 7.86. The minimum atomic E-state index is -4.35. The van der Waals surface area contributed by atoms with E-state index in [4.69, 9.17) is 20.8 Å². The number of hydrogen-bond acceptors (Lipinski definition) is 11. The number of sulfone groups is 2. The smallest absolute Gasteiger partial charge is 0.408 e. The normalized spacial score (nSPS) is 19.8. The number of nitrogens with one attached hydrogen (secondary N) is 1. The first-order valence-corrected chi connectivity index (χ1v) is 19.0. The summed E-state index contributed by atoms with van der Waals surface area (Å²) in [4.78, 5) is 29.4. The molecule has 1 atom stereocenters. The Bertz CT molecular complexity index is 1930. The van der Waals surface area contributed by atoms with Crippen LogP contribution in [0.15, 0.2) is 45.7 Å². The highest BCUT2D eigenvalue weighted by Crippen LogP contribution is 2.38. The number of fused-ring (bicyclic) bond motifs is 1. The molecule has 0 bridgehead atoms. The third-order valence-corrected chi connectivity index (χ3v) is 11.5. The molecule has 48 heavy (non-hydrogen) atoms. The van der Waals surface area contributed by atoms with Gasteiger partial charge >= 0.3 is 6.09 Å². The number of anilines is 1. The molecule has 0 radical (unpaired) electrons. The lowest BCUT2D eigenvalue weighted by Crippen LogP contribution is -2.51. The minimum Gasteiger partial charge on any atom is -0.444 e. The fraction of sp³-hybridized carbons (Fsp3) is 0.484. The maximum Gasteiger partial charge on any atom is 0.408 e. The van der Waals surface area contributed by atoms with Crippen LogP contribution in [0.3, 0.4) is 0 Å². The first kappa shape index (κ1) is 35.7. The van der Waals surface area contributed by atoms with Crippen molar-refractivity contribution in [1.29, 1.82) is 0 Å². The second-order valence-electron chi connectivity index (χ2n) is 13.6. The van der Waals surface area contributed by atoms with E-state index < -0.39 is 65.2 Å². The minimum absolute atomic E-state index is 0.0425. The van der Waals surface area contributed by atoms with Crippen LogP contribution in [-0.2, 0) is 41.2 Å². The molecular formula is C31H37ClFN5O8S2. The largest absolute Gasteiger partial charge is 0.444 e. The molecule has 3 heterocycles. The lowest BCUT2D eigenvalue weighted by atomic mass is 9.92. The van der Waals surface area contributed by atoms with Gasteiger partial charge in [0.15, 0.2) is 19.7 Å². The Hall–Kier alpha value is -3.60. The summed E-state index contributed by atoms with van der Waals surface area (Å²) in [6.45, 7) is 9.47. The summed E-state index contributed by atoms with van der Waals surface area (Å²) < 4.78 is 78.1. The molecule has 13 nitrogen and oxygen atoms in total. The van der Waals surface area contributed by atoms with Gasteiger partial charge in [-0.05, 0) is 64.4 Å². The van der Waals surface area contributed by atoms with Gasteiger partial charge in [-0.1, -0.05) is 23.7 Å². The van der Waals surface area contributed by atoms with Gasteiger partial charge in [-0.2, -0.15) is 0 Å². The number of halogens is 2. The summed E-state index contributed by atoms with van der Waals surface area (Å²) in [6.07, 6.45) is -0.993. The quantitative estimate of drug-likeness (QED) is 0.377. The van der Waals surface area contributed by atoms with E-state index in [9.17, 15) is 26.4 Å². The fourth-order valence-electron chi connectivity index (χ4n) is 5.48. The van der Waals surface area contributed by atoms with E-state index in [1.54, 1.807) is 45.0 Å². The Morgan fingerprint density at radius 2 is 1.71 bits per heavy atom. The SMILES string of the molecule is CC(C)(C)OC(=O)N[C@H]1CS(=O)(=O)c2cc(F)c(-c3nnc(C(C)(C)CN4CCS(=O)(=O)CC4)o3)cc2N(Cc2ccc(Cl)cc2)C1=O. The number of aromatic nitrogens is 2. The topological polar surface area (TPSA) is 169 Å². The van der Waals surface area contributed by atoms with Crippen LogP contribution in [0.4, 0.5) is 14.9 Å². The zero-order valence-corrected chi connectivity index (χ0v) is 29.5. The Labute approximate surface area is 283 Å². The van der Waals surface area contributed by atoms with Crippen molar-refractivity contribution in [3.05, 3.63) is 58.7 Å². The van der Waals surface area contributed by atoms with Gasteiger partial charge < -0.3 is 24.3 Å². The second-order valence-corrected chi connectivity index (χ2v) is 18.3. The fourth-order valence-corrected chi connectivity index (χ4v) is 8.50. The number of hydrogen-bond donors (Lipinski definition) is 1. The molecule has 1 N–H and O–H groups in total. The summed E-state index contributed by atoms with van der Waals surface area (Å²) >= 11 is 6.05. The second kappa shape index (κ2) is 13.0. The van der Waals surface area contributed by atoms with Crippen molar-refractivity contribution in [3.63, 3.8) is 0 Å². The monoisotopic (exact) mass is 725 g/mol. The lowest BCUT2D eigenvalue weighted by Gasteiger charge is -2.32. The van der Waals surface area contributed by atoms with E-state index >= 15 is 4.39 Å². The predicted molar refractivity (Wildman–Crippen MR) is 176 cm³/mol. The molecule has 0 aliphatic carbocycles. The molecule has 0 unspecified atom stereocenters. The maximum atomic E-state index is 15.8. The number of nitrogens with zero attached hydrogens (tertiary/aromatic N) is 4. The van der Waals surface area contributed by atoms with Crippen molar-refractivity contribution in [1.82, 2.24) is 20.4 Å². The summed E-state index contributed by atoms with van der Waals surface area (Å²) in [5, 5.41) is 11.0. The summed E-state index contributed by atoms with van der Waals surface area (Å²) in [6, 6.07) is 6.94. The average molecular weight is 726 g/mol. The van der Waals surface area contributed by atoms with Gasteiger partial charge in [0.1, 0.15) is 17.5 Å². The van der Waals surface area contributed by atoms with Gasteiger partial charge in [0.25, 0.3) is 11.8 Å². The van der Waals surface area contributed by atoms with E-state index in [1.807, 2.05) is 18.7 Å². The van der Waals surface area contributed by atoms with E-state index in [1.165, 1.54) is 6.07 Å². The average Bonchev–Trinajstić information content (AvgIpc) is 3.45. The zero-order valence-electron chi connectivity index (χ0n) is 27.1. The lowest BCUT2D eigenvalue weighted by molar-refractivity contribution is -0.120. The Balaban J connectivity index is 1.53. The van der Waals surface area contributed by atoms with Crippen LogP contribution in [0.1, 0.15) is 46.1 Å². The van der Waals surface area contributed by atoms with Crippen molar-refractivity contribution in [2.24, 2.45) is 0 Å². The van der Waals surface area contributed by atoms with Crippen LogP contribution in [-0.4, -0.2) is 92.5 Å². The van der Waals surface area contributed by atoms with E-state index in [2.05, 4.69) is 15.5 Å². The van der Waals surface area contributed by atoms with E-state index in [0.717, 1.165) is 11.0 Å². The molecule has 3 aromatic rings. The highest BCUT2D eigenvalue weighted by atomic mass is 35.5. The van der Waals surface area contributed by atoms with Crippen LogP contribution >= 0.6 is 11.6 Å². The molecule has 260 valence electrons. The van der Waals surface area contributed by atoms with Crippen LogP contribution < -0.4 is 10.2 Å². The van der Waals surface area contributed by atoms with Crippen LogP contribution in [0, 0.1) is 5.82 Å². The van der Waals surface area contributed by atoms with E-state index in [-0.39, 0.29) is 41.1 Å². The number of carbonyl (C=O) groups excluding carboxylic acids is 2.